The van der Waals surface area contributed by atoms with Crippen LogP contribution in [0, 0.1) is 0 Å². The average molecular weight is 284 g/mol. The smallest absolute Gasteiger partial charge is 0.131 e. The minimum absolute atomic E-state index is 0.0576. The van der Waals surface area contributed by atoms with Crippen LogP contribution >= 0.6 is 0 Å². The van der Waals surface area contributed by atoms with E-state index in [9.17, 15) is 0 Å². The SMILES string of the molecule is CN(C)c1ccc(Oc2ccc3c(c2)OCCC3N)cc1. The van der Waals surface area contributed by atoms with Crippen molar-refractivity contribution in [2.75, 3.05) is 25.6 Å². The van der Waals surface area contributed by atoms with Gasteiger partial charge < -0.3 is 20.1 Å². The van der Waals surface area contributed by atoms with Gasteiger partial charge in [0.2, 0.25) is 0 Å². The largest absolute Gasteiger partial charge is 0.493 e. The van der Waals surface area contributed by atoms with Crippen molar-refractivity contribution in [3.63, 3.8) is 0 Å². The van der Waals surface area contributed by atoms with Crippen molar-refractivity contribution in [2.24, 2.45) is 5.73 Å². The number of hydrogen-bond donors (Lipinski definition) is 1. The molecule has 1 heterocycles. The quantitative estimate of drug-likeness (QED) is 0.939. The number of benzene rings is 2. The first kappa shape index (κ1) is 13.8. The Bertz CT molecular complexity index is 623. The van der Waals surface area contributed by atoms with E-state index >= 15 is 0 Å². The Morgan fingerprint density at radius 3 is 2.52 bits per heavy atom. The van der Waals surface area contributed by atoms with Crippen LogP contribution in [-0.4, -0.2) is 20.7 Å². The second-order valence-corrected chi connectivity index (χ2v) is 5.43. The summed E-state index contributed by atoms with van der Waals surface area (Å²) >= 11 is 0. The Morgan fingerprint density at radius 1 is 1.10 bits per heavy atom. The van der Waals surface area contributed by atoms with Crippen LogP contribution in [0.2, 0.25) is 0 Å². The van der Waals surface area contributed by atoms with E-state index in [1.807, 2.05) is 56.6 Å². The fourth-order valence-corrected chi connectivity index (χ4v) is 2.41. The minimum Gasteiger partial charge on any atom is -0.493 e. The van der Waals surface area contributed by atoms with Gasteiger partial charge in [-0.3, -0.25) is 0 Å². The van der Waals surface area contributed by atoms with Gasteiger partial charge in [0, 0.05) is 43.9 Å². The lowest BCUT2D eigenvalue weighted by Gasteiger charge is -2.23. The van der Waals surface area contributed by atoms with Gasteiger partial charge in [0.15, 0.2) is 0 Å². The summed E-state index contributed by atoms with van der Waals surface area (Å²) in [6, 6.07) is 13.9. The zero-order chi connectivity index (χ0) is 14.8. The molecular formula is C17H20N2O2. The van der Waals surface area contributed by atoms with E-state index < -0.39 is 0 Å². The maximum atomic E-state index is 6.07. The van der Waals surface area contributed by atoms with Gasteiger partial charge in [-0.1, -0.05) is 6.07 Å². The number of anilines is 1. The summed E-state index contributed by atoms with van der Waals surface area (Å²) in [6.45, 7) is 0.662. The number of hydrogen-bond acceptors (Lipinski definition) is 4. The van der Waals surface area contributed by atoms with E-state index in [4.69, 9.17) is 15.2 Å². The van der Waals surface area contributed by atoms with Crippen LogP contribution in [0.25, 0.3) is 0 Å². The third kappa shape index (κ3) is 2.95. The fraction of sp³-hybridized carbons (Fsp3) is 0.294. The van der Waals surface area contributed by atoms with Crippen LogP contribution in [-0.2, 0) is 0 Å². The Labute approximate surface area is 125 Å². The van der Waals surface area contributed by atoms with Crippen molar-refractivity contribution in [3.05, 3.63) is 48.0 Å². The van der Waals surface area contributed by atoms with Crippen LogP contribution in [0.1, 0.15) is 18.0 Å². The molecule has 110 valence electrons. The number of nitrogens with zero attached hydrogens (tertiary/aromatic N) is 1. The highest BCUT2D eigenvalue weighted by Gasteiger charge is 2.18. The first-order valence-electron chi connectivity index (χ1n) is 7.11. The number of fused-ring (bicyclic) bond motifs is 1. The van der Waals surface area contributed by atoms with Gasteiger partial charge in [-0.25, -0.2) is 0 Å². The molecule has 0 spiro atoms. The van der Waals surface area contributed by atoms with E-state index in [0.29, 0.717) is 6.61 Å². The molecule has 1 aliphatic rings. The lowest BCUT2D eigenvalue weighted by atomic mass is 10.0. The molecule has 0 bridgehead atoms. The Kier molecular flexibility index (Phi) is 3.71. The molecule has 0 amide bonds. The summed E-state index contributed by atoms with van der Waals surface area (Å²) in [5.41, 5.74) is 8.26. The van der Waals surface area contributed by atoms with Gasteiger partial charge in [0.25, 0.3) is 0 Å². The summed E-state index contributed by atoms with van der Waals surface area (Å²) in [4.78, 5) is 2.05. The van der Waals surface area contributed by atoms with Crippen molar-refractivity contribution in [3.8, 4) is 17.2 Å². The lowest BCUT2D eigenvalue weighted by molar-refractivity contribution is 0.268. The molecule has 0 radical (unpaired) electrons. The highest BCUT2D eigenvalue weighted by molar-refractivity contribution is 5.49. The van der Waals surface area contributed by atoms with Crippen LogP contribution < -0.4 is 20.1 Å². The van der Waals surface area contributed by atoms with E-state index in [1.54, 1.807) is 0 Å². The molecule has 4 heteroatoms. The first-order valence-corrected chi connectivity index (χ1v) is 7.11. The monoisotopic (exact) mass is 284 g/mol. The van der Waals surface area contributed by atoms with Crippen LogP contribution in [0.4, 0.5) is 5.69 Å². The molecule has 1 aliphatic heterocycles. The van der Waals surface area contributed by atoms with Crippen molar-refractivity contribution in [2.45, 2.75) is 12.5 Å². The maximum absolute atomic E-state index is 6.07. The van der Waals surface area contributed by atoms with Gasteiger partial charge in [-0.05, 0) is 30.3 Å². The molecule has 3 rings (SSSR count). The molecule has 1 atom stereocenters. The number of rotatable bonds is 3. The summed E-state index contributed by atoms with van der Waals surface area (Å²) in [5.74, 6) is 2.40. The zero-order valence-electron chi connectivity index (χ0n) is 12.4. The highest BCUT2D eigenvalue weighted by atomic mass is 16.5. The summed E-state index contributed by atoms with van der Waals surface area (Å²) in [7, 11) is 4.03. The summed E-state index contributed by atoms with van der Waals surface area (Å²) in [6.07, 6.45) is 0.860. The first-order chi connectivity index (χ1) is 10.1. The van der Waals surface area contributed by atoms with E-state index in [1.165, 1.54) is 0 Å². The van der Waals surface area contributed by atoms with Crippen molar-refractivity contribution in [1.82, 2.24) is 0 Å². The van der Waals surface area contributed by atoms with E-state index in [0.717, 1.165) is 34.9 Å². The second kappa shape index (κ2) is 5.66. The Morgan fingerprint density at radius 2 is 1.81 bits per heavy atom. The molecule has 0 saturated heterocycles. The van der Waals surface area contributed by atoms with Crippen molar-refractivity contribution in [1.29, 1.82) is 0 Å². The minimum atomic E-state index is 0.0576. The van der Waals surface area contributed by atoms with E-state index in [2.05, 4.69) is 4.90 Å². The van der Waals surface area contributed by atoms with Gasteiger partial charge >= 0.3 is 0 Å². The molecule has 2 aromatic carbocycles. The van der Waals surface area contributed by atoms with Crippen molar-refractivity contribution >= 4 is 5.69 Å². The number of nitrogens with two attached hydrogens (primary N) is 1. The average Bonchev–Trinajstić information content (AvgIpc) is 2.48. The van der Waals surface area contributed by atoms with Crippen LogP contribution in [0.5, 0.6) is 17.2 Å². The summed E-state index contributed by atoms with van der Waals surface area (Å²) in [5, 5.41) is 0. The van der Waals surface area contributed by atoms with Gasteiger partial charge in [-0.2, -0.15) is 0 Å². The Hall–Kier alpha value is -2.20. The van der Waals surface area contributed by atoms with Gasteiger partial charge in [0.1, 0.15) is 17.2 Å². The molecule has 2 aromatic rings. The molecule has 0 aromatic heterocycles. The van der Waals surface area contributed by atoms with Crippen molar-refractivity contribution < 1.29 is 9.47 Å². The third-order valence-corrected chi connectivity index (χ3v) is 3.66. The predicted molar refractivity (Wildman–Crippen MR) is 84.3 cm³/mol. The molecule has 1 unspecified atom stereocenters. The lowest BCUT2D eigenvalue weighted by Crippen LogP contribution is -2.20. The Balaban J connectivity index is 1.79. The second-order valence-electron chi connectivity index (χ2n) is 5.43. The van der Waals surface area contributed by atoms with Gasteiger partial charge in [0.05, 0.1) is 6.61 Å². The third-order valence-electron chi connectivity index (χ3n) is 3.66. The molecule has 0 saturated carbocycles. The standard InChI is InChI=1S/C17H20N2O2/c1-19(2)12-3-5-13(6-4-12)21-14-7-8-15-16(18)9-10-20-17(15)11-14/h3-8,11,16H,9-10,18H2,1-2H3. The molecule has 4 nitrogen and oxygen atoms in total. The van der Waals surface area contributed by atoms with E-state index in [-0.39, 0.29) is 6.04 Å². The zero-order valence-corrected chi connectivity index (χ0v) is 12.4. The normalized spacial score (nSPS) is 16.8. The molecule has 0 aliphatic carbocycles. The fourth-order valence-electron chi connectivity index (χ4n) is 2.41. The topological polar surface area (TPSA) is 47.7 Å². The molecular weight excluding hydrogens is 264 g/mol. The van der Waals surface area contributed by atoms with Gasteiger partial charge in [-0.15, -0.1) is 0 Å². The summed E-state index contributed by atoms with van der Waals surface area (Å²) < 4.78 is 11.5. The maximum Gasteiger partial charge on any atom is 0.131 e. The van der Waals surface area contributed by atoms with Crippen LogP contribution in [0.3, 0.4) is 0 Å². The highest BCUT2D eigenvalue weighted by Crippen LogP contribution is 2.35. The predicted octanol–water partition coefficient (Wildman–Crippen LogP) is 3.33. The van der Waals surface area contributed by atoms with Crippen LogP contribution in [0.15, 0.2) is 42.5 Å². The molecule has 2 N–H and O–H groups in total. The molecule has 21 heavy (non-hydrogen) atoms. The number of ether oxygens (including phenoxy) is 2. The molecule has 0 fully saturated rings.